The molecule has 6 heteroatoms. The topological polar surface area (TPSA) is 59.2 Å². The molecule has 0 atom stereocenters. The number of aromatic nitrogens is 1. The van der Waals surface area contributed by atoms with Crippen LogP contribution in [0.1, 0.15) is 47.2 Å². The number of hydrogen-bond acceptors (Lipinski definition) is 4. The summed E-state index contributed by atoms with van der Waals surface area (Å²) in [4.78, 5) is 19.1. The lowest BCUT2D eigenvalue weighted by Crippen LogP contribution is -2.31. The molecule has 1 aromatic carbocycles. The van der Waals surface area contributed by atoms with E-state index in [1.165, 1.54) is 11.3 Å². The van der Waals surface area contributed by atoms with Crippen molar-refractivity contribution in [3.8, 4) is 0 Å². The summed E-state index contributed by atoms with van der Waals surface area (Å²) in [7, 11) is 0. The molecule has 1 aromatic heterocycles. The Kier molecular flexibility index (Phi) is 7.69. The minimum absolute atomic E-state index is 0.0134. The molecule has 0 aliphatic rings. The summed E-state index contributed by atoms with van der Waals surface area (Å²) in [6.07, 6.45) is 3.95. The molecule has 0 bridgehead atoms. The number of nitrogens with zero attached hydrogens (tertiary/aromatic N) is 2. The van der Waals surface area contributed by atoms with Gasteiger partial charge in [-0.3, -0.25) is 4.79 Å². The third kappa shape index (κ3) is 5.58. The summed E-state index contributed by atoms with van der Waals surface area (Å²) in [6, 6.07) is 7.63. The Morgan fingerprint density at radius 3 is 2.71 bits per heavy atom. The number of halogens is 1. The highest BCUT2D eigenvalue weighted by Crippen LogP contribution is 2.16. The van der Waals surface area contributed by atoms with Gasteiger partial charge in [-0.15, -0.1) is 11.3 Å². The van der Waals surface area contributed by atoms with E-state index in [1.54, 1.807) is 0 Å². The zero-order valence-corrected chi connectivity index (χ0v) is 15.6. The fraction of sp³-hybridized carbons (Fsp3) is 0.444. The molecule has 24 heavy (non-hydrogen) atoms. The Bertz CT molecular complexity index is 642. The molecule has 0 saturated carbocycles. The third-order valence-corrected chi connectivity index (χ3v) is 4.90. The molecule has 4 nitrogen and oxygen atoms in total. The van der Waals surface area contributed by atoms with Gasteiger partial charge in [0.1, 0.15) is 5.69 Å². The standard InChI is InChI=1S/C18H24ClN3OS/c1-2-3-4-11-22(12-14-5-7-15(19)8-6-14)18(23)16-13-24-17(21-16)9-10-20/h5-8,13H,2-4,9-12,20H2,1H3. The molecule has 1 amide bonds. The quantitative estimate of drug-likeness (QED) is 0.679. The van der Waals surface area contributed by atoms with Crippen molar-refractivity contribution in [2.24, 2.45) is 5.73 Å². The van der Waals surface area contributed by atoms with Gasteiger partial charge in [0.15, 0.2) is 0 Å². The van der Waals surface area contributed by atoms with E-state index in [2.05, 4.69) is 11.9 Å². The molecule has 0 aliphatic heterocycles. The third-order valence-electron chi connectivity index (χ3n) is 3.73. The van der Waals surface area contributed by atoms with Crippen molar-refractivity contribution in [2.45, 2.75) is 39.2 Å². The second-order valence-electron chi connectivity index (χ2n) is 5.73. The van der Waals surface area contributed by atoms with Crippen LogP contribution in [0, 0.1) is 0 Å². The highest BCUT2D eigenvalue weighted by Gasteiger charge is 2.18. The second kappa shape index (κ2) is 9.77. The number of hydrogen-bond donors (Lipinski definition) is 1. The van der Waals surface area contributed by atoms with Crippen molar-refractivity contribution >= 4 is 28.8 Å². The Morgan fingerprint density at radius 2 is 2.04 bits per heavy atom. The zero-order valence-electron chi connectivity index (χ0n) is 14.0. The van der Waals surface area contributed by atoms with E-state index < -0.39 is 0 Å². The summed E-state index contributed by atoms with van der Waals surface area (Å²) < 4.78 is 0. The molecule has 0 radical (unpaired) electrons. The summed E-state index contributed by atoms with van der Waals surface area (Å²) in [5, 5.41) is 3.46. The molecule has 0 fully saturated rings. The number of amides is 1. The highest BCUT2D eigenvalue weighted by molar-refractivity contribution is 7.09. The predicted molar refractivity (Wildman–Crippen MR) is 101 cm³/mol. The maximum absolute atomic E-state index is 12.8. The summed E-state index contributed by atoms with van der Waals surface area (Å²) in [6.45, 7) is 4.01. The first kappa shape index (κ1) is 18.9. The van der Waals surface area contributed by atoms with Crippen LogP contribution in [-0.2, 0) is 13.0 Å². The average molecular weight is 366 g/mol. The lowest BCUT2D eigenvalue weighted by Gasteiger charge is -2.22. The minimum Gasteiger partial charge on any atom is -0.333 e. The summed E-state index contributed by atoms with van der Waals surface area (Å²) in [5.74, 6) is -0.0134. The normalized spacial score (nSPS) is 10.8. The van der Waals surface area contributed by atoms with Crippen LogP contribution in [0.25, 0.3) is 0 Å². The molecular weight excluding hydrogens is 342 g/mol. The second-order valence-corrected chi connectivity index (χ2v) is 7.10. The van der Waals surface area contributed by atoms with E-state index in [-0.39, 0.29) is 5.91 Å². The van der Waals surface area contributed by atoms with Gasteiger partial charge in [-0.2, -0.15) is 0 Å². The molecule has 130 valence electrons. The first-order valence-electron chi connectivity index (χ1n) is 8.32. The van der Waals surface area contributed by atoms with Crippen LogP contribution in [0.4, 0.5) is 0 Å². The molecule has 0 aliphatic carbocycles. The van der Waals surface area contributed by atoms with Gasteiger partial charge in [-0.05, 0) is 30.7 Å². The van der Waals surface area contributed by atoms with E-state index >= 15 is 0 Å². The van der Waals surface area contributed by atoms with Gasteiger partial charge < -0.3 is 10.6 Å². The van der Waals surface area contributed by atoms with E-state index in [9.17, 15) is 4.79 Å². The van der Waals surface area contributed by atoms with Gasteiger partial charge >= 0.3 is 0 Å². The van der Waals surface area contributed by atoms with Crippen LogP contribution in [-0.4, -0.2) is 28.9 Å². The molecule has 2 aromatic rings. The van der Waals surface area contributed by atoms with Gasteiger partial charge in [0, 0.05) is 29.9 Å². The number of rotatable bonds is 9. The SMILES string of the molecule is CCCCCN(Cc1ccc(Cl)cc1)C(=O)c1csc(CCN)n1. The lowest BCUT2D eigenvalue weighted by atomic mass is 10.2. The monoisotopic (exact) mass is 365 g/mol. The Labute approximate surface area is 152 Å². The van der Waals surface area contributed by atoms with Gasteiger partial charge in [0.05, 0.1) is 5.01 Å². The number of carbonyl (C=O) groups is 1. The predicted octanol–water partition coefficient (Wildman–Crippen LogP) is 4.13. The van der Waals surface area contributed by atoms with Crippen molar-refractivity contribution in [3.05, 3.63) is 50.9 Å². The van der Waals surface area contributed by atoms with E-state index in [4.69, 9.17) is 17.3 Å². The van der Waals surface area contributed by atoms with Crippen molar-refractivity contribution in [1.82, 2.24) is 9.88 Å². The van der Waals surface area contributed by atoms with E-state index in [0.29, 0.717) is 30.2 Å². The Hall–Kier alpha value is -1.43. The van der Waals surface area contributed by atoms with Crippen LogP contribution in [0.2, 0.25) is 5.02 Å². The molecule has 0 spiro atoms. The number of carbonyl (C=O) groups excluding carboxylic acids is 1. The number of nitrogens with two attached hydrogens (primary N) is 1. The Morgan fingerprint density at radius 1 is 1.29 bits per heavy atom. The number of benzene rings is 1. The van der Waals surface area contributed by atoms with Crippen LogP contribution in [0.15, 0.2) is 29.6 Å². The van der Waals surface area contributed by atoms with Crippen LogP contribution in [0.3, 0.4) is 0 Å². The number of unbranched alkanes of at least 4 members (excludes halogenated alkanes) is 2. The van der Waals surface area contributed by atoms with Crippen LogP contribution >= 0.6 is 22.9 Å². The fourth-order valence-electron chi connectivity index (χ4n) is 2.42. The molecule has 2 rings (SSSR count). The van der Waals surface area contributed by atoms with Crippen molar-refractivity contribution in [1.29, 1.82) is 0 Å². The van der Waals surface area contributed by atoms with Crippen LogP contribution < -0.4 is 5.73 Å². The molecule has 0 saturated heterocycles. The largest absolute Gasteiger partial charge is 0.333 e. The smallest absolute Gasteiger partial charge is 0.273 e. The van der Waals surface area contributed by atoms with Crippen LogP contribution in [0.5, 0.6) is 0 Å². The molecule has 2 N–H and O–H groups in total. The first-order chi connectivity index (χ1) is 11.6. The van der Waals surface area contributed by atoms with Gasteiger partial charge in [-0.25, -0.2) is 4.98 Å². The fourth-order valence-corrected chi connectivity index (χ4v) is 3.34. The highest BCUT2D eigenvalue weighted by atomic mass is 35.5. The maximum atomic E-state index is 12.8. The van der Waals surface area contributed by atoms with Gasteiger partial charge in [0.2, 0.25) is 0 Å². The number of thiazole rings is 1. The van der Waals surface area contributed by atoms with Crippen molar-refractivity contribution in [3.63, 3.8) is 0 Å². The van der Waals surface area contributed by atoms with E-state index in [0.717, 1.165) is 36.4 Å². The van der Waals surface area contributed by atoms with E-state index in [1.807, 2.05) is 34.5 Å². The summed E-state index contributed by atoms with van der Waals surface area (Å²) in [5.41, 5.74) is 7.15. The maximum Gasteiger partial charge on any atom is 0.273 e. The average Bonchev–Trinajstić information content (AvgIpc) is 3.04. The van der Waals surface area contributed by atoms with Gasteiger partial charge in [-0.1, -0.05) is 43.5 Å². The lowest BCUT2D eigenvalue weighted by molar-refractivity contribution is 0.0734. The molecule has 0 unspecified atom stereocenters. The molecular formula is C18H24ClN3OS. The first-order valence-corrected chi connectivity index (χ1v) is 9.58. The molecule has 1 heterocycles. The summed E-state index contributed by atoms with van der Waals surface area (Å²) >= 11 is 7.44. The van der Waals surface area contributed by atoms with Crippen molar-refractivity contribution < 1.29 is 4.79 Å². The minimum atomic E-state index is -0.0134. The van der Waals surface area contributed by atoms with Crippen molar-refractivity contribution in [2.75, 3.05) is 13.1 Å². The zero-order chi connectivity index (χ0) is 17.4. The van der Waals surface area contributed by atoms with Gasteiger partial charge in [0.25, 0.3) is 5.91 Å². The Balaban J connectivity index is 2.10.